The van der Waals surface area contributed by atoms with Crippen molar-refractivity contribution in [3.05, 3.63) is 153 Å². The number of hydrogen-bond donors (Lipinski definition) is 2. The minimum atomic E-state index is -1.48. The minimum Gasteiger partial charge on any atom is -0.459 e. The molecule has 4 aromatic rings. The predicted molar refractivity (Wildman–Crippen MR) is 254 cm³/mol. The standard InChI is InChI=1S/C53H63N3O11/c1-5-27-64-53-49(55(4)52(59)63-29-28-62-34-38-13-7-6-8-14-38)33-47(54-65-35-39-18-20-41(21-19-39)56(60)61)45-31-40(15-9-11-25-57)44(16-10-12-26-58)50(51(45)53)46-32-43(23-24-48(46)67-53)66-42-22-17-36(2)37(3)30-42/h5-8,13-14,17-24,30-32,40,44,49-51,57-58H,1,9-12,15-16,25-29,33-35H2,2-4H3/t40-,44+,49-,50+,51+,53+/m0/s1. The summed E-state index contributed by atoms with van der Waals surface area (Å²) in [6.07, 6.45) is 7.86. The van der Waals surface area contributed by atoms with Crippen molar-refractivity contribution in [3.63, 3.8) is 0 Å². The first-order chi connectivity index (χ1) is 32.6. The van der Waals surface area contributed by atoms with Crippen LogP contribution in [0.5, 0.6) is 17.2 Å². The van der Waals surface area contributed by atoms with E-state index >= 15 is 0 Å². The van der Waals surface area contributed by atoms with Crippen molar-refractivity contribution in [2.45, 2.75) is 89.8 Å². The number of nitro groups is 1. The number of benzene rings is 4. The van der Waals surface area contributed by atoms with Gasteiger partial charge in [-0.15, -0.1) is 6.58 Å². The number of amides is 1. The molecule has 1 amide bonds. The predicted octanol–water partition coefficient (Wildman–Crippen LogP) is 10.1. The number of carbonyl (C=O) groups excluding carboxylic acids is 1. The number of oxime groups is 1. The van der Waals surface area contributed by atoms with Gasteiger partial charge >= 0.3 is 6.09 Å². The zero-order chi connectivity index (χ0) is 47.3. The second-order valence-corrected chi connectivity index (χ2v) is 17.6. The van der Waals surface area contributed by atoms with Crippen LogP contribution in [-0.2, 0) is 32.3 Å². The van der Waals surface area contributed by atoms with Gasteiger partial charge in [0, 0.05) is 50.3 Å². The van der Waals surface area contributed by atoms with Gasteiger partial charge in [-0.3, -0.25) is 10.1 Å². The Labute approximate surface area is 392 Å². The summed E-state index contributed by atoms with van der Waals surface area (Å²) < 4.78 is 32.5. The topological polar surface area (TPSA) is 172 Å². The highest BCUT2D eigenvalue weighted by atomic mass is 16.7. The van der Waals surface area contributed by atoms with Crippen molar-refractivity contribution in [3.8, 4) is 17.2 Å². The number of nitrogens with zero attached hydrogens (tertiary/aromatic N) is 3. The van der Waals surface area contributed by atoms with Crippen LogP contribution in [0.2, 0.25) is 0 Å². The van der Waals surface area contributed by atoms with Crippen LogP contribution in [0.3, 0.4) is 0 Å². The molecule has 0 radical (unpaired) electrons. The molecule has 1 aliphatic heterocycles. The van der Waals surface area contributed by atoms with Gasteiger partial charge in [0.05, 0.1) is 36.4 Å². The lowest BCUT2D eigenvalue weighted by atomic mass is 9.55. The number of nitro benzene ring substituents is 1. The Balaban J connectivity index is 1.32. The van der Waals surface area contributed by atoms with Gasteiger partial charge in [0.25, 0.3) is 5.69 Å². The van der Waals surface area contributed by atoms with E-state index in [1.165, 1.54) is 17.0 Å². The van der Waals surface area contributed by atoms with Gasteiger partial charge < -0.3 is 43.6 Å². The van der Waals surface area contributed by atoms with Gasteiger partial charge in [0.15, 0.2) is 0 Å². The molecule has 2 N–H and O–H groups in total. The van der Waals surface area contributed by atoms with Crippen molar-refractivity contribution in [2.75, 3.05) is 40.1 Å². The molecule has 0 unspecified atom stereocenters. The average molecular weight is 918 g/mol. The molecule has 2 aliphatic carbocycles. The number of allylic oxidation sites excluding steroid dienone is 1. The Morgan fingerprint density at radius 3 is 2.34 bits per heavy atom. The zero-order valence-corrected chi connectivity index (χ0v) is 38.7. The van der Waals surface area contributed by atoms with E-state index in [9.17, 15) is 25.1 Å². The van der Waals surface area contributed by atoms with Gasteiger partial charge in [-0.2, -0.15) is 0 Å². The molecule has 1 saturated carbocycles. The van der Waals surface area contributed by atoms with Crippen molar-refractivity contribution >= 4 is 17.5 Å². The fourth-order valence-electron chi connectivity index (χ4n) is 9.78. The number of likely N-dealkylation sites (N-methyl/N-ethyl adjacent to an activating group) is 1. The van der Waals surface area contributed by atoms with Crippen LogP contribution < -0.4 is 9.47 Å². The summed E-state index contributed by atoms with van der Waals surface area (Å²) >= 11 is 0. The summed E-state index contributed by atoms with van der Waals surface area (Å²) in [5.41, 5.74) is 6.32. The maximum Gasteiger partial charge on any atom is 0.410 e. The van der Waals surface area contributed by atoms with Gasteiger partial charge in [-0.05, 0) is 122 Å². The van der Waals surface area contributed by atoms with Crippen molar-refractivity contribution in [1.82, 2.24) is 4.90 Å². The fraction of sp³-hybridized carbons (Fsp3) is 0.434. The first-order valence-electron chi connectivity index (χ1n) is 23.3. The number of aliphatic hydroxyl groups is 2. The second-order valence-electron chi connectivity index (χ2n) is 17.6. The largest absolute Gasteiger partial charge is 0.459 e. The Morgan fingerprint density at radius 2 is 1.63 bits per heavy atom. The van der Waals surface area contributed by atoms with Crippen LogP contribution in [0.4, 0.5) is 10.5 Å². The monoisotopic (exact) mass is 917 g/mol. The van der Waals surface area contributed by atoms with Crippen LogP contribution >= 0.6 is 0 Å². The number of rotatable bonds is 23. The number of non-ortho nitro benzene ring substituents is 1. The number of aliphatic hydroxyl groups excluding tert-OH is 2. The molecule has 356 valence electrons. The number of unbranched alkanes of at least 4 members (excludes halogenated alkanes) is 2. The van der Waals surface area contributed by atoms with Crippen LogP contribution in [0.25, 0.3) is 0 Å². The van der Waals surface area contributed by atoms with Crippen LogP contribution in [0, 0.1) is 41.7 Å². The van der Waals surface area contributed by atoms with E-state index < -0.39 is 28.8 Å². The molecule has 0 bridgehead atoms. The summed E-state index contributed by atoms with van der Waals surface area (Å²) in [6, 6.07) is 27.0. The third-order valence-electron chi connectivity index (χ3n) is 13.2. The van der Waals surface area contributed by atoms with E-state index in [2.05, 4.69) is 32.6 Å². The van der Waals surface area contributed by atoms with E-state index in [4.69, 9.17) is 33.7 Å². The third-order valence-corrected chi connectivity index (χ3v) is 13.2. The molecule has 0 aromatic heterocycles. The van der Waals surface area contributed by atoms with E-state index in [0.29, 0.717) is 48.0 Å². The molecule has 14 heteroatoms. The Bertz CT molecular complexity index is 2370. The second kappa shape index (κ2) is 23.1. The van der Waals surface area contributed by atoms with Crippen molar-refractivity contribution in [1.29, 1.82) is 0 Å². The molecule has 0 spiro atoms. The fourth-order valence-corrected chi connectivity index (χ4v) is 9.78. The van der Waals surface area contributed by atoms with Crippen LogP contribution in [-0.4, -0.2) is 83.8 Å². The molecular weight excluding hydrogens is 855 g/mol. The molecular formula is C53H63N3O11. The zero-order valence-electron chi connectivity index (χ0n) is 38.7. The lowest BCUT2D eigenvalue weighted by molar-refractivity contribution is -0.384. The van der Waals surface area contributed by atoms with Gasteiger partial charge in [-0.25, -0.2) is 4.79 Å². The van der Waals surface area contributed by atoms with Gasteiger partial charge in [0.2, 0.25) is 5.79 Å². The smallest absolute Gasteiger partial charge is 0.410 e. The first kappa shape index (κ1) is 48.9. The van der Waals surface area contributed by atoms with E-state index in [0.717, 1.165) is 53.5 Å². The summed E-state index contributed by atoms with van der Waals surface area (Å²) in [6.45, 7) is 8.96. The molecule has 3 aliphatic rings. The lowest BCUT2D eigenvalue weighted by Crippen LogP contribution is -2.69. The normalized spacial score (nSPS) is 22.1. The number of hydrogen-bond acceptors (Lipinski definition) is 12. The molecule has 67 heavy (non-hydrogen) atoms. The van der Waals surface area contributed by atoms with Gasteiger partial charge in [0.1, 0.15) is 36.5 Å². The average Bonchev–Trinajstić information content (AvgIpc) is 3.33. The van der Waals surface area contributed by atoms with Crippen molar-refractivity contribution in [2.24, 2.45) is 22.9 Å². The summed E-state index contributed by atoms with van der Waals surface area (Å²) in [4.78, 5) is 32.8. The quantitative estimate of drug-likeness (QED) is 0.0314. The van der Waals surface area contributed by atoms with Gasteiger partial charge in [-0.1, -0.05) is 66.5 Å². The van der Waals surface area contributed by atoms with Crippen LogP contribution in [0.15, 0.2) is 120 Å². The van der Waals surface area contributed by atoms with E-state index in [-0.39, 0.29) is 69.5 Å². The highest BCUT2D eigenvalue weighted by Gasteiger charge is 2.65. The van der Waals surface area contributed by atoms with Crippen LogP contribution in [0.1, 0.15) is 78.7 Å². The van der Waals surface area contributed by atoms with E-state index in [1.807, 2.05) is 60.7 Å². The highest BCUT2D eigenvalue weighted by Crippen LogP contribution is 2.62. The number of carbonyl (C=O) groups is 1. The molecule has 7 rings (SSSR count). The highest BCUT2D eigenvalue weighted by molar-refractivity contribution is 6.03. The molecule has 14 nitrogen and oxygen atoms in total. The SMILES string of the molecule is C=CCO[C@@]12Oc3ccc(Oc4ccc(C)c(C)c4)cc3[C@H]3[C@H](CCCCO)[C@@H](CCCCO)C=C(C(=NOCc4ccc([N+](=O)[O-])cc4)C[C@@H]1N(C)C(=O)OCCOCc1ccccc1)[C@H]32. The lowest BCUT2D eigenvalue weighted by Gasteiger charge is -2.59. The molecule has 4 aromatic carbocycles. The summed E-state index contributed by atoms with van der Waals surface area (Å²) in [5, 5.41) is 36.1. The maximum atomic E-state index is 14.3. The molecule has 0 saturated heterocycles. The number of aryl methyl sites for hydroxylation is 2. The molecule has 6 atom stereocenters. The Kier molecular flexibility index (Phi) is 16.8. The van der Waals surface area contributed by atoms with E-state index in [1.54, 1.807) is 25.3 Å². The minimum absolute atomic E-state index is 0.00488. The van der Waals surface area contributed by atoms with Crippen molar-refractivity contribution < 1.29 is 48.5 Å². The summed E-state index contributed by atoms with van der Waals surface area (Å²) in [5.74, 6) is -0.339. The molecule has 1 fully saturated rings. The Morgan fingerprint density at radius 1 is 0.910 bits per heavy atom. The maximum absolute atomic E-state index is 14.3. The first-order valence-corrected chi connectivity index (χ1v) is 23.3. The molecule has 1 heterocycles. The Hall–Kier alpha value is -6.06. The number of fused-ring (bicyclic) bond motifs is 2. The third kappa shape index (κ3) is 11.6. The number of ether oxygens (including phenoxy) is 5. The summed E-state index contributed by atoms with van der Waals surface area (Å²) in [7, 11) is 1.68.